The maximum atomic E-state index is 15.2. The van der Waals surface area contributed by atoms with Crippen molar-refractivity contribution in [3.63, 3.8) is 0 Å². The van der Waals surface area contributed by atoms with Gasteiger partial charge < -0.3 is 10.2 Å². The number of rotatable bonds is 3. The Bertz CT molecular complexity index is 1430. The third kappa shape index (κ3) is 3.17. The number of pyridine rings is 1. The Balaban J connectivity index is 1.35. The standard InChI is InChI=1S/C25H21FN6O/c1-31-7-5-19-11-23(30-32(19)14-24(31)33)29-22-10-16-8-20(21(26)9-17(16)12-28-22)25-6-3-2-4-18(25)13-27-15-25/h2-4,6,8-13,15H,5,7,14H2,1H3,(H,28,29,30). The maximum absolute atomic E-state index is 15.2. The molecule has 0 fully saturated rings. The molecule has 0 radical (unpaired) electrons. The van der Waals surface area contributed by atoms with E-state index in [2.05, 4.69) is 20.4 Å². The summed E-state index contributed by atoms with van der Waals surface area (Å²) >= 11 is 0. The number of hydrogen-bond donors (Lipinski definition) is 1. The highest BCUT2D eigenvalue weighted by atomic mass is 19.1. The molecule has 2 aromatic heterocycles. The van der Waals surface area contributed by atoms with E-state index in [1.54, 1.807) is 35.2 Å². The number of anilines is 2. The number of fused-ring (bicyclic) bond motifs is 3. The number of aromatic nitrogens is 3. The van der Waals surface area contributed by atoms with Gasteiger partial charge >= 0.3 is 0 Å². The molecule has 1 aliphatic carbocycles. The first kappa shape index (κ1) is 19.6. The summed E-state index contributed by atoms with van der Waals surface area (Å²) in [5.41, 5.74) is 1.80. The largest absolute Gasteiger partial charge is 0.344 e. The fourth-order valence-electron chi connectivity index (χ4n) is 4.61. The number of halogens is 1. The third-order valence-electron chi connectivity index (χ3n) is 6.50. The van der Waals surface area contributed by atoms with Crippen LogP contribution in [-0.4, -0.2) is 45.4 Å². The second-order valence-electron chi connectivity index (χ2n) is 8.57. The highest BCUT2D eigenvalue weighted by molar-refractivity contribution is 5.92. The van der Waals surface area contributed by atoms with Crippen LogP contribution in [0.3, 0.4) is 0 Å². The minimum Gasteiger partial charge on any atom is -0.344 e. The molecule has 6 rings (SSSR count). The number of carbonyl (C=O) groups excluding carboxylic acids is 1. The highest BCUT2D eigenvalue weighted by Gasteiger charge is 2.37. The Labute approximate surface area is 189 Å². The van der Waals surface area contributed by atoms with Crippen LogP contribution in [0.1, 0.15) is 11.3 Å². The smallest absolute Gasteiger partial charge is 0.244 e. The van der Waals surface area contributed by atoms with E-state index >= 15 is 4.39 Å². The molecule has 1 atom stereocenters. The van der Waals surface area contributed by atoms with E-state index in [0.29, 0.717) is 29.1 Å². The summed E-state index contributed by atoms with van der Waals surface area (Å²) in [5, 5.41) is 9.34. The van der Waals surface area contributed by atoms with Crippen molar-refractivity contribution in [3.05, 3.63) is 83.6 Å². The highest BCUT2D eigenvalue weighted by Crippen LogP contribution is 2.41. The van der Waals surface area contributed by atoms with Crippen molar-refractivity contribution in [3.8, 4) is 0 Å². The van der Waals surface area contributed by atoms with Crippen LogP contribution in [0.5, 0.6) is 0 Å². The van der Waals surface area contributed by atoms with E-state index in [1.165, 1.54) is 6.07 Å². The lowest BCUT2D eigenvalue weighted by Gasteiger charge is -2.28. The predicted molar refractivity (Wildman–Crippen MR) is 125 cm³/mol. The first-order chi connectivity index (χ1) is 16.0. The quantitative estimate of drug-likeness (QED) is 0.675. The van der Waals surface area contributed by atoms with Crippen molar-refractivity contribution in [2.45, 2.75) is 18.4 Å². The number of allylic oxidation sites excluding steroid dienone is 5. The van der Waals surface area contributed by atoms with E-state index < -0.39 is 5.41 Å². The summed E-state index contributed by atoms with van der Waals surface area (Å²) in [6.45, 7) is 0.889. The molecule has 33 heavy (non-hydrogen) atoms. The van der Waals surface area contributed by atoms with Crippen LogP contribution < -0.4 is 5.32 Å². The van der Waals surface area contributed by atoms with E-state index in [4.69, 9.17) is 0 Å². The lowest BCUT2D eigenvalue weighted by atomic mass is 9.73. The summed E-state index contributed by atoms with van der Waals surface area (Å²) in [4.78, 5) is 22.6. The molecule has 2 aliphatic heterocycles. The zero-order valence-corrected chi connectivity index (χ0v) is 18.0. The van der Waals surface area contributed by atoms with E-state index in [9.17, 15) is 4.79 Å². The maximum Gasteiger partial charge on any atom is 0.244 e. The molecule has 0 spiro atoms. The van der Waals surface area contributed by atoms with Crippen molar-refractivity contribution < 1.29 is 9.18 Å². The Morgan fingerprint density at radius 2 is 2.03 bits per heavy atom. The molecule has 1 amide bonds. The van der Waals surface area contributed by atoms with Gasteiger partial charge in [0.05, 0.1) is 5.41 Å². The zero-order chi connectivity index (χ0) is 22.6. The molecular weight excluding hydrogens is 419 g/mol. The van der Waals surface area contributed by atoms with Crippen LogP contribution in [-0.2, 0) is 23.2 Å². The van der Waals surface area contributed by atoms with Crippen LogP contribution in [0, 0.1) is 5.82 Å². The fourth-order valence-corrected chi connectivity index (χ4v) is 4.61. The van der Waals surface area contributed by atoms with Crippen LogP contribution in [0.25, 0.3) is 10.8 Å². The first-order valence-electron chi connectivity index (χ1n) is 10.8. The number of nitrogens with zero attached hydrogens (tertiary/aromatic N) is 5. The van der Waals surface area contributed by atoms with Gasteiger partial charge in [0.15, 0.2) is 5.82 Å². The minimum absolute atomic E-state index is 0.0386. The second kappa shape index (κ2) is 7.23. The van der Waals surface area contributed by atoms with Crippen molar-refractivity contribution >= 4 is 34.5 Å². The van der Waals surface area contributed by atoms with Gasteiger partial charge in [0.1, 0.15) is 18.2 Å². The summed E-state index contributed by atoms with van der Waals surface area (Å²) in [7, 11) is 1.80. The van der Waals surface area contributed by atoms with Crippen LogP contribution in [0.4, 0.5) is 16.0 Å². The lowest BCUT2D eigenvalue weighted by molar-refractivity contribution is -0.130. The molecule has 4 heterocycles. The number of hydrogen-bond acceptors (Lipinski definition) is 5. The molecule has 0 saturated carbocycles. The molecule has 1 N–H and O–H groups in total. The van der Waals surface area contributed by atoms with Gasteiger partial charge in [-0.15, -0.1) is 0 Å². The van der Waals surface area contributed by atoms with Gasteiger partial charge in [-0.1, -0.05) is 24.3 Å². The number of aliphatic imine (C=N–C) groups is 1. The zero-order valence-electron chi connectivity index (χ0n) is 18.0. The third-order valence-corrected chi connectivity index (χ3v) is 6.50. The normalized spacial score (nSPS) is 21.2. The number of benzene rings is 1. The summed E-state index contributed by atoms with van der Waals surface area (Å²) in [6, 6.07) is 7.21. The van der Waals surface area contributed by atoms with E-state index in [0.717, 1.165) is 23.1 Å². The molecule has 1 aromatic carbocycles. The Hall–Kier alpha value is -4.07. The Morgan fingerprint density at radius 3 is 2.94 bits per heavy atom. The average molecular weight is 440 g/mol. The molecule has 0 bridgehead atoms. The van der Waals surface area contributed by atoms with Crippen molar-refractivity contribution in [1.82, 2.24) is 19.7 Å². The van der Waals surface area contributed by atoms with E-state index in [1.807, 2.05) is 42.5 Å². The molecule has 3 aliphatic rings. The molecule has 0 saturated heterocycles. The fraction of sp³-hybridized carbons (Fsp3) is 0.200. The second-order valence-corrected chi connectivity index (χ2v) is 8.57. The van der Waals surface area contributed by atoms with Crippen molar-refractivity contribution in [2.75, 3.05) is 18.9 Å². The number of amides is 1. The summed E-state index contributed by atoms with van der Waals surface area (Å²) < 4.78 is 16.9. The van der Waals surface area contributed by atoms with Gasteiger partial charge in [-0.05, 0) is 29.2 Å². The minimum atomic E-state index is -0.689. The summed E-state index contributed by atoms with van der Waals surface area (Å²) in [6.07, 6.45) is 13.7. The monoisotopic (exact) mass is 440 g/mol. The van der Waals surface area contributed by atoms with Crippen LogP contribution in [0.2, 0.25) is 0 Å². The molecular formula is C25H21FN6O. The lowest BCUT2D eigenvalue weighted by Crippen LogP contribution is -2.29. The van der Waals surface area contributed by atoms with Gasteiger partial charge in [0.25, 0.3) is 0 Å². The van der Waals surface area contributed by atoms with Crippen LogP contribution >= 0.6 is 0 Å². The first-order valence-corrected chi connectivity index (χ1v) is 10.8. The topological polar surface area (TPSA) is 75.4 Å². The van der Waals surface area contributed by atoms with Gasteiger partial charge in [0.2, 0.25) is 5.91 Å². The van der Waals surface area contributed by atoms with Gasteiger partial charge in [0, 0.05) is 61.3 Å². The van der Waals surface area contributed by atoms with Crippen LogP contribution in [0.15, 0.2) is 71.5 Å². The number of nitrogens with one attached hydrogen (secondary N) is 1. The molecule has 3 aromatic rings. The Morgan fingerprint density at radius 1 is 1.12 bits per heavy atom. The Kier molecular flexibility index (Phi) is 4.29. The summed E-state index contributed by atoms with van der Waals surface area (Å²) in [5.74, 6) is 0.973. The number of carbonyl (C=O) groups is 1. The van der Waals surface area contributed by atoms with Crippen molar-refractivity contribution in [2.24, 2.45) is 4.99 Å². The van der Waals surface area contributed by atoms with E-state index in [-0.39, 0.29) is 18.3 Å². The molecule has 8 heteroatoms. The predicted octanol–water partition coefficient (Wildman–Crippen LogP) is 3.66. The van der Waals surface area contributed by atoms with Gasteiger partial charge in [-0.3, -0.25) is 14.5 Å². The molecule has 164 valence electrons. The molecule has 7 nitrogen and oxygen atoms in total. The molecule has 1 unspecified atom stereocenters. The van der Waals surface area contributed by atoms with Gasteiger partial charge in [-0.25, -0.2) is 9.37 Å². The van der Waals surface area contributed by atoms with Gasteiger partial charge in [-0.2, -0.15) is 5.10 Å². The van der Waals surface area contributed by atoms with Crippen molar-refractivity contribution in [1.29, 1.82) is 0 Å². The SMILES string of the molecule is CN1CCc2cc(Nc3cc4cc(C56C=CC=CC5=CN=C6)c(F)cc4cn3)nn2CC1=O. The number of likely N-dealkylation sites (N-methyl/N-ethyl adjacent to an activating group) is 1. The average Bonchev–Trinajstić information content (AvgIpc) is 3.38.